The van der Waals surface area contributed by atoms with E-state index >= 15 is 0 Å². The smallest absolute Gasteiger partial charge is 0.0190 e. The van der Waals surface area contributed by atoms with Crippen LogP contribution in [-0.4, -0.2) is 0 Å². The van der Waals surface area contributed by atoms with Crippen LogP contribution in [0.1, 0.15) is 25.0 Å². The third kappa shape index (κ3) is 2.59. The summed E-state index contributed by atoms with van der Waals surface area (Å²) in [7, 11) is 0. The fraction of sp³-hybridized carbons (Fsp3) is 0.231. The van der Waals surface area contributed by atoms with Crippen LogP contribution in [0.4, 0.5) is 0 Å². The summed E-state index contributed by atoms with van der Waals surface area (Å²) in [6.45, 7) is 8.15. The van der Waals surface area contributed by atoms with E-state index in [2.05, 4.69) is 37.8 Å². The summed E-state index contributed by atoms with van der Waals surface area (Å²) < 4.78 is 0. The predicted molar refractivity (Wildman–Crippen MR) is 59.7 cm³/mol. The first kappa shape index (κ1) is 9.79. The molecule has 0 bridgehead atoms. The summed E-state index contributed by atoms with van der Waals surface area (Å²) in [6.07, 6.45) is 5.13. The number of hydrogen-bond acceptors (Lipinski definition) is 0. The van der Waals surface area contributed by atoms with Gasteiger partial charge < -0.3 is 0 Å². The maximum atomic E-state index is 3.98. The zero-order chi connectivity index (χ0) is 9.68. The molecular weight excluding hydrogens is 156 g/mol. The van der Waals surface area contributed by atoms with Gasteiger partial charge in [0, 0.05) is 0 Å². The Balaban J connectivity index is 2.85. The topological polar surface area (TPSA) is 0 Å². The van der Waals surface area contributed by atoms with Gasteiger partial charge in [-0.25, -0.2) is 0 Å². The van der Waals surface area contributed by atoms with Gasteiger partial charge >= 0.3 is 0 Å². The number of hydrogen-bond donors (Lipinski definition) is 0. The monoisotopic (exact) mass is 172 g/mol. The average molecular weight is 172 g/mol. The fourth-order valence-electron chi connectivity index (χ4n) is 1.25. The van der Waals surface area contributed by atoms with Crippen LogP contribution >= 0.6 is 0 Å². The van der Waals surface area contributed by atoms with Crippen LogP contribution in [0, 0.1) is 0 Å². The highest BCUT2D eigenvalue weighted by Crippen LogP contribution is 2.14. The second kappa shape index (κ2) is 4.66. The van der Waals surface area contributed by atoms with E-state index < -0.39 is 0 Å². The summed E-state index contributed by atoms with van der Waals surface area (Å²) in [5.74, 6) is 0. The van der Waals surface area contributed by atoms with E-state index in [1.54, 1.807) is 0 Å². The lowest BCUT2D eigenvalue weighted by atomic mass is 10.0. The lowest BCUT2D eigenvalue weighted by molar-refractivity contribution is 1.14. The molecule has 0 aromatic heterocycles. The quantitative estimate of drug-likeness (QED) is 0.608. The van der Waals surface area contributed by atoms with Crippen molar-refractivity contribution in [3.05, 3.63) is 54.1 Å². The van der Waals surface area contributed by atoms with Crippen LogP contribution in [0.3, 0.4) is 0 Å². The Morgan fingerprint density at radius 1 is 1.31 bits per heavy atom. The first-order valence-corrected chi connectivity index (χ1v) is 4.68. The van der Waals surface area contributed by atoms with E-state index in [1.807, 2.05) is 19.1 Å². The molecule has 0 N–H and O–H groups in total. The minimum Gasteiger partial charge on any atom is -0.0912 e. The van der Waals surface area contributed by atoms with Crippen molar-refractivity contribution in [2.75, 3.05) is 0 Å². The molecule has 0 aliphatic heterocycles. The van der Waals surface area contributed by atoms with Crippen molar-refractivity contribution < 1.29 is 0 Å². The zero-order valence-electron chi connectivity index (χ0n) is 8.38. The number of aryl methyl sites for hydroxylation is 1. The fourth-order valence-corrected chi connectivity index (χ4v) is 1.25. The maximum Gasteiger partial charge on any atom is -0.0190 e. The van der Waals surface area contributed by atoms with Crippen LogP contribution in [0.2, 0.25) is 0 Å². The Bertz CT molecular complexity index is 301. The van der Waals surface area contributed by atoms with Gasteiger partial charge in [-0.1, -0.05) is 49.9 Å². The number of rotatable bonds is 3. The minimum absolute atomic E-state index is 1.07. The molecule has 1 rings (SSSR count). The van der Waals surface area contributed by atoms with Gasteiger partial charge in [0.25, 0.3) is 0 Å². The number of allylic oxidation sites excluding steroid dienone is 3. The van der Waals surface area contributed by atoms with Gasteiger partial charge in [0.15, 0.2) is 0 Å². The SMILES string of the molecule is C=C(C=CC)c1ccc(CC)cc1. The van der Waals surface area contributed by atoms with Crippen LogP contribution in [-0.2, 0) is 6.42 Å². The summed E-state index contributed by atoms with van der Waals surface area (Å²) in [6, 6.07) is 8.57. The number of benzene rings is 1. The summed E-state index contributed by atoms with van der Waals surface area (Å²) >= 11 is 0. The Labute approximate surface area is 80.6 Å². The van der Waals surface area contributed by atoms with Gasteiger partial charge in [-0.05, 0) is 30.0 Å². The van der Waals surface area contributed by atoms with Crippen LogP contribution < -0.4 is 0 Å². The molecule has 0 aliphatic carbocycles. The molecule has 0 fully saturated rings. The van der Waals surface area contributed by atoms with Crippen molar-refractivity contribution in [1.82, 2.24) is 0 Å². The molecule has 0 spiro atoms. The van der Waals surface area contributed by atoms with Crippen molar-refractivity contribution in [2.45, 2.75) is 20.3 Å². The highest BCUT2D eigenvalue weighted by Gasteiger charge is 1.94. The first-order chi connectivity index (χ1) is 6.27. The Kier molecular flexibility index (Phi) is 3.51. The first-order valence-electron chi connectivity index (χ1n) is 4.68. The molecule has 0 unspecified atom stereocenters. The van der Waals surface area contributed by atoms with E-state index in [4.69, 9.17) is 0 Å². The highest BCUT2D eigenvalue weighted by atomic mass is 14.0. The summed E-state index contributed by atoms with van der Waals surface area (Å²) in [4.78, 5) is 0. The molecule has 0 atom stereocenters. The lowest BCUT2D eigenvalue weighted by Gasteiger charge is -2.01. The molecule has 1 aromatic carbocycles. The van der Waals surface area contributed by atoms with Gasteiger partial charge in [-0.15, -0.1) is 0 Å². The molecule has 0 amide bonds. The highest BCUT2D eigenvalue weighted by molar-refractivity contribution is 5.71. The van der Waals surface area contributed by atoms with E-state index in [0.29, 0.717) is 0 Å². The third-order valence-corrected chi connectivity index (χ3v) is 2.10. The normalized spacial score (nSPS) is 10.6. The Hall–Kier alpha value is -1.30. The van der Waals surface area contributed by atoms with Crippen LogP contribution in [0.25, 0.3) is 5.57 Å². The second-order valence-electron chi connectivity index (χ2n) is 3.08. The summed E-state index contributed by atoms with van der Waals surface area (Å²) in [5, 5.41) is 0. The maximum absolute atomic E-state index is 3.98. The van der Waals surface area contributed by atoms with Crippen LogP contribution in [0.5, 0.6) is 0 Å². The van der Waals surface area contributed by atoms with Crippen molar-refractivity contribution in [1.29, 1.82) is 0 Å². The van der Waals surface area contributed by atoms with Crippen molar-refractivity contribution in [2.24, 2.45) is 0 Å². The van der Waals surface area contributed by atoms with Gasteiger partial charge in [0.1, 0.15) is 0 Å². The summed E-state index contributed by atoms with van der Waals surface area (Å²) in [5.41, 5.74) is 3.65. The Morgan fingerprint density at radius 3 is 2.38 bits per heavy atom. The van der Waals surface area contributed by atoms with E-state index in [0.717, 1.165) is 12.0 Å². The molecule has 0 saturated heterocycles. The second-order valence-corrected chi connectivity index (χ2v) is 3.08. The molecular formula is C13H16. The lowest BCUT2D eigenvalue weighted by Crippen LogP contribution is -1.82. The van der Waals surface area contributed by atoms with Gasteiger partial charge in [-0.3, -0.25) is 0 Å². The molecule has 0 saturated carbocycles. The molecule has 0 radical (unpaired) electrons. The van der Waals surface area contributed by atoms with E-state index in [9.17, 15) is 0 Å². The van der Waals surface area contributed by atoms with Crippen molar-refractivity contribution in [3.8, 4) is 0 Å². The standard InChI is InChI=1S/C13H16/c1-4-6-11(3)13-9-7-12(5-2)8-10-13/h4,6-10H,3,5H2,1-2H3. The van der Waals surface area contributed by atoms with Crippen molar-refractivity contribution in [3.63, 3.8) is 0 Å². The largest absolute Gasteiger partial charge is 0.0912 e. The predicted octanol–water partition coefficient (Wildman–Crippen LogP) is 3.84. The molecule has 1 aromatic rings. The molecule has 0 heteroatoms. The third-order valence-electron chi connectivity index (χ3n) is 2.10. The van der Waals surface area contributed by atoms with Gasteiger partial charge in [0.05, 0.1) is 0 Å². The molecule has 0 heterocycles. The molecule has 68 valence electrons. The molecule has 0 aliphatic rings. The van der Waals surface area contributed by atoms with Crippen molar-refractivity contribution >= 4 is 5.57 Å². The van der Waals surface area contributed by atoms with E-state index in [-0.39, 0.29) is 0 Å². The van der Waals surface area contributed by atoms with Gasteiger partial charge in [0.2, 0.25) is 0 Å². The Morgan fingerprint density at radius 2 is 1.92 bits per heavy atom. The molecule has 0 nitrogen and oxygen atoms in total. The minimum atomic E-state index is 1.07. The zero-order valence-corrected chi connectivity index (χ0v) is 8.38. The average Bonchev–Trinajstić information content (AvgIpc) is 2.18. The molecule has 13 heavy (non-hydrogen) atoms. The van der Waals surface area contributed by atoms with Gasteiger partial charge in [-0.2, -0.15) is 0 Å². The van der Waals surface area contributed by atoms with E-state index in [1.165, 1.54) is 11.1 Å². The van der Waals surface area contributed by atoms with Crippen LogP contribution in [0.15, 0.2) is 43.0 Å².